The van der Waals surface area contributed by atoms with Gasteiger partial charge in [-0.3, -0.25) is 9.69 Å². The number of pyridine rings is 1. The minimum atomic E-state index is -3.12. The normalized spacial score (nSPS) is 21.5. The Morgan fingerprint density at radius 1 is 1.21 bits per heavy atom. The zero-order chi connectivity index (χ0) is 24.3. The third-order valence-corrected chi connectivity index (χ3v) is 6.47. The van der Waals surface area contributed by atoms with Crippen molar-refractivity contribution in [3.05, 3.63) is 24.8 Å². The number of H-pyrrole nitrogens is 1. The van der Waals surface area contributed by atoms with Gasteiger partial charge >= 0.3 is 6.09 Å². The highest BCUT2D eigenvalue weighted by atomic mass is 19.3. The number of aromatic nitrogens is 4. The van der Waals surface area contributed by atoms with Crippen LogP contribution in [0, 0.1) is 0 Å². The monoisotopic (exact) mass is 474 g/mol. The Morgan fingerprint density at radius 2 is 1.94 bits per heavy atom. The summed E-state index contributed by atoms with van der Waals surface area (Å²) >= 11 is 0. The molecular formula is C23H28F2N6O3. The van der Waals surface area contributed by atoms with E-state index < -0.39 is 42.5 Å². The summed E-state index contributed by atoms with van der Waals surface area (Å²) in [6.45, 7) is 5.01. The number of likely N-dealkylation sites (tertiary alicyclic amines) is 2. The molecule has 11 heteroatoms. The van der Waals surface area contributed by atoms with Gasteiger partial charge < -0.3 is 19.2 Å². The van der Waals surface area contributed by atoms with E-state index in [0.717, 1.165) is 27.0 Å². The first-order valence-electron chi connectivity index (χ1n) is 11.5. The lowest BCUT2D eigenvalue weighted by Gasteiger charge is -2.36. The number of ether oxygens (including phenoxy) is 1. The molecule has 2 amide bonds. The zero-order valence-electron chi connectivity index (χ0n) is 19.4. The second-order valence-electron chi connectivity index (χ2n) is 10.1. The summed E-state index contributed by atoms with van der Waals surface area (Å²) in [5, 5.41) is 0.981. The maximum Gasteiger partial charge on any atom is 0.411 e. The van der Waals surface area contributed by atoms with Crippen molar-refractivity contribution in [2.24, 2.45) is 0 Å². The van der Waals surface area contributed by atoms with Crippen LogP contribution in [0.4, 0.5) is 13.6 Å². The topological polar surface area (TPSA) is 96.3 Å². The van der Waals surface area contributed by atoms with Gasteiger partial charge in [-0.1, -0.05) is 0 Å². The van der Waals surface area contributed by atoms with E-state index in [2.05, 4.69) is 19.5 Å². The first-order valence-corrected chi connectivity index (χ1v) is 11.5. The number of nitrogens with one attached hydrogen (secondary N) is 1. The van der Waals surface area contributed by atoms with Gasteiger partial charge in [-0.05, 0) is 39.7 Å². The van der Waals surface area contributed by atoms with Gasteiger partial charge in [0, 0.05) is 37.1 Å². The van der Waals surface area contributed by atoms with Crippen molar-refractivity contribution in [3.8, 4) is 0 Å². The number of carbonyl (C=O) groups is 2. The number of piperidine rings is 1. The van der Waals surface area contributed by atoms with Crippen molar-refractivity contribution in [3.63, 3.8) is 0 Å². The molecule has 182 valence electrons. The Balaban J connectivity index is 1.31. The molecule has 3 aromatic heterocycles. The number of hydrogen-bond donors (Lipinski definition) is 1. The van der Waals surface area contributed by atoms with Gasteiger partial charge in [0.05, 0.1) is 24.6 Å². The molecule has 2 aliphatic heterocycles. The lowest BCUT2D eigenvalue weighted by molar-refractivity contribution is -0.137. The van der Waals surface area contributed by atoms with Crippen molar-refractivity contribution < 1.29 is 23.1 Å². The number of amides is 2. The van der Waals surface area contributed by atoms with Gasteiger partial charge in [0.25, 0.3) is 5.92 Å². The first kappa shape index (κ1) is 22.5. The summed E-state index contributed by atoms with van der Waals surface area (Å²) in [5.74, 6) is -3.57. The van der Waals surface area contributed by atoms with Crippen LogP contribution in [0.25, 0.3) is 22.1 Å². The van der Waals surface area contributed by atoms with Crippen molar-refractivity contribution >= 4 is 34.1 Å². The van der Waals surface area contributed by atoms with Gasteiger partial charge in [0.15, 0.2) is 0 Å². The lowest BCUT2D eigenvalue weighted by Crippen LogP contribution is -2.51. The van der Waals surface area contributed by atoms with E-state index in [4.69, 9.17) is 4.74 Å². The molecule has 2 aliphatic rings. The van der Waals surface area contributed by atoms with Crippen LogP contribution in [0.15, 0.2) is 24.8 Å². The minimum absolute atomic E-state index is 0.113. The van der Waals surface area contributed by atoms with E-state index in [1.165, 1.54) is 0 Å². The van der Waals surface area contributed by atoms with E-state index in [1.54, 1.807) is 38.2 Å². The summed E-state index contributed by atoms with van der Waals surface area (Å²) in [7, 11) is 0. The van der Waals surface area contributed by atoms with E-state index in [9.17, 15) is 18.4 Å². The average Bonchev–Trinajstić information content (AvgIpc) is 3.47. The van der Waals surface area contributed by atoms with Crippen LogP contribution in [0.3, 0.4) is 0 Å². The van der Waals surface area contributed by atoms with E-state index in [1.807, 2.05) is 12.3 Å². The van der Waals surface area contributed by atoms with Crippen molar-refractivity contribution in [2.75, 3.05) is 19.6 Å². The highest BCUT2D eigenvalue weighted by molar-refractivity contribution is 6.01. The SMILES string of the molecule is CC(C)(C)OC(=O)N1CC(F)(F)C[C@H]1C(=O)N1CCC(n2cnc3cnc4[nH]ccc4c32)CC1. The Morgan fingerprint density at radius 3 is 2.65 bits per heavy atom. The molecule has 0 saturated carbocycles. The van der Waals surface area contributed by atoms with Crippen LogP contribution < -0.4 is 0 Å². The van der Waals surface area contributed by atoms with Crippen LogP contribution in [-0.2, 0) is 9.53 Å². The molecule has 0 radical (unpaired) electrons. The highest BCUT2D eigenvalue weighted by Crippen LogP contribution is 2.35. The van der Waals surface area contributed by atoms with E-state index >= 15 is 0 Å². The van der Waals surface area contributed by atoms with Crippen LogP contribution in [0.1, 0.15) is 46.1 Å². The van der Waals surface area contributed by atoms with E-state index in [-0.39, 0.29) is 6.04 Å². The molecular weight excluding hydrogens is 446 g/mol. The first-order chi connectivity index (χ1) is 16.0. The third kappa shape index (κ3) is 4.07. The number of aromatic amines is 1. The highest BCUT2D eigenvalue weighted by Gasteiger charge is 2.52. The largest absolute Gasteiger partial charge is 0.444 e. The zero-order valence-corrected chi connectivity index (χ0v) is 19.4. The maximum atomic E-state index is 14.2. The molecule has 1 N–H and O–H groups in total. The molecule has 3 aromatic rings. The molecule has 34 heavy (non-hydrogen) atoms. The Kier molecular flexibility index (Phi) is 5.25. The summed E-state index contributed by atoms with van der Waals surface area (Å²) in [5.41, 5.74) is 1.73. The molecule has 0 aliphatic carbocycles. The fourth-order valence-corrected chi connectivity index (χ4v) is 4.93. The minimum Gasteiger partial charge on any atom is -0.444 e. The number of alkyl halides is 2. The molecule has 0 bridgehead atoms. The number of imidazole rings is 1. The van der Waals surface area contributed by atoms with Gasteiger partial charge in [-0.25, -0.2) is 23.5 Å². The predicted molar refractivity (Wildman–Crippen MR) is 121 cm³/mol. The molecule has 1 atom stereocenters. The van der Waals surface area contributed by atoms with Crippen LogP contribution in [0.5, 0.6) is 0 Å². The van der Waals surface area contributed by atoms with Gasteiger partial charge in [0.1, 0.15) is 22.8 Å². The predicted octanol–water partition coefficient (Wildman–Crippen LogP) is 3.72. The number of fused-ring (bicyclic) bond motifs is 3. The molecule has 5 heterocycles. The van der Waals surface area contributed by atoms with Crippen LogP contribution >= 0.6 is 0 Å². The van der Waals surface area contributed by atoms with Gasteiger partial charge in [-0.15, -0.1) is 0 Å². The second-order valence-corrected chi connectivity index (χ2v) is 10.1. The second kappa shape index (κ2) is 7.92. The quantitative estimate of drug-likeness (QED) is 0.611. The Hall–Kier alpha value is -3.24. The standard InChI is InChI=1S/C23H28F2N6O3/c1-22(2,3)34-21(33)30-12-23(24,25)10-17(30)20(32)29-8-5-14(6-9-29)31-13-28-16-11-27-19-15(18(16)31)4-7-26-19/h4,7,11,13-14,17H,5-6,8-10,12H2,1-3H3,(H,26,27)/t17-/m0/s1. The molecule has 0 aromatic carbocycles. The van der Waals surface area contributed by atoms with Gasteiger partial charge in [-0.2, -0.15) is 0 Å². The summed E-state index contributed by atoms with van der Waals surface area (Å²) in [6.07, 6.45) is 5.10. The number of carbonyl (C=O) groups excluding carboxylic acids is 2. The Labute approximate surface area is 195 Å². The molecule has 2 fully saturated rings. The molecule has 0 unspecified atom stereocenters. The van der Waals surface area contributed by atoms with Crippen molar-refractivity contribution in [1.29, 1.82) is 0 Å². The van der Waals surface area contributed by atoms with Crippen molar-refractivity contribution in [1.82, 2.24) is 29.3 Å². The molecule has 0 spiro atoms. The van der Waals surface area contributed by atoms with Gasteiger partial charge in [0.2, 0.25) is 5.91 Å². The number of halogens is 2. The molecule has 9 nitrogen and oxygen atoms in total. The summed E-state index contributed by atoms with van der Waals surface area (Å²) in [6, 6.07) is 0.857. The Bertz CT molecular complexity index is 1240. The number of hydrogen-bond acceptors (Lipinski definition) is 5. The number of rotatable bonds is 2. The lowest BCUT2D eigenvalue weighted by atomic mass is 10.0. The maximum absolute atomic E-state index is 14.2. The fourth-order valence-electron chi connectivity index (χ4n) is 4.93. The third-order valence-electron chi connectivity index (χ3n) is 6.47. The molecule has 2 saturated heterocycles. The van der Waals surface area contributed by atoms with E-state index in [0.29, 0.717) is 25.9 Å². The summed E-state index contributed by atoms with van der Waals surface area (Å²) in [4.78, 5) is 40.2. The summed E-state index contributed by atoms with van der Waals surface area (Å²) < 4.78 is 35.8. The smallest absolute Gasteiger partial charge is 0.411 e. The molecule has 5 rings (SSSR count). The van der Waals surface area contributed by atoms with Crippen LogP contribution in [-0.4, -0.2) is 78.5 Å². The fraction of sp³-hybridized carbons (Fsp3) is 0.565. The number of nitrogens with zero attached hydrogens (tertiary/aromatic N) is 5. The van der Waals surface area contributed by atoms with Crippen molar-refractivity contribution in [2.45, 2.75) is 63.6 Å². The van der Waals surface area contributed by atoms with Crippen LogP contribution in [0.2, 0.25) is 0 Å². The average molecular weight is 475 g/mol.